The molecule has 0 unspecified atom stereocenters. The van der Waals surface area contributed by atoms with Crippen molar-refractivity contribution in [3.63, 3.8) is 0 Å². The molecule has 1 N–H and O–H groups in total. The van der Waals surface area contributed by atoms with Crippen LogP contribution in [0.3, 0.4) is 0 Å². The van der Waals surface area contributed by atoms with Gasteiger partial charge in [-0.2, -0.15) is 11.8 Å². The van der Waals surface area contributed by atoms with Gasteiger partial charge >= 0.3 is 0 Å². The van der Waals surface area contributed by atoms with Crippen molar-refractivity contribution in [1.82, 2.24) is 5.32 Å². The van der Waals surface area contributed by atoms with Crippen LogP contribution in [0.5, 0.6) is 23.0 Å². The van der Waals surface area contributed by atoms with E-state index in [1.54, 1.807) is 18.9 Å². The minimum atomic E-state index is 0.0528. The lowest BCUT2D eigenvalue weighted by Crippen LogP contribution is -2.27. The average Bonchev–Trinajstić information content (AvgIpc) is 2.78. The highest BCUT2D eigenvalue weighted by atomic mass is 32.2. The van der Waals surface area contributed by atoms with Gasteiger partial charge in [-0.05, 0) is 74.4 Å². The SMILES string of the molecule is CCOc1ccc(CCNC(=O)CSCCCOc2ccc(OC)cc2)cc1OCC. The standard InChI is InChI=1S/C24H33NO5S/c1-4-28-22-12-7-19(17-23(22)29-5-2)13-14-25-24(26)18-31-16-6-15-30-21-10-8-20(27-3)9-11-21/h7-12,17H,4-6,13-16,18H2,1-3H3,(H,25,26). The maximum absolute atomic E-state index is 12.0. The number of hydrogen-bond donors (Lipinski definition) is 1. The summed E-state index contributed by atoms with van der Waals surface area (Å²) >= 11 is 1.62. The van der Waals surface area contributed by atoms with Crippen LogP contribution in [-0.2, 0) is 11.2 Å². The van der Waals surface area contributed by atoms with Gasteiger partial charge < -0.3 is 24.3 Å². The highest BCUT2D eigenvalue weighted by Crippen LogP contribution is 2.28. The number of benzene rings is 2. The van der Waals surface area contributed by atoms with Crippen LogP contribution in [0.15, 0.2) is 42.5 Å². The second-order valence-corrected chi connectivity index (χ2v) is 7.78. The monoisotopic (exact) mass is 447 g/mol. The zero-order valence-corrected chi connectivity index (χ0v) is 19.5. The fourth-order valence-electron chi connectivity index (χ4n) is 2.84. The highest BCUT2D eigenvalue weighted by Gasteiger charge is 2.07. The number of amides is 1. The number of thioether (sulfide) groups is 1. The summed E-state index contributed by atoms with van der Waals surface area (Å²) in [7, 11) is 1.64. The van der Waals surface area contributed by atoms with Gasteiger partial charge in [-0.15, -0.1) is 0 Å². The van der Waals surface area contributed by atoms with Crippen molar-refractivity contribution in [3.8, 4) is 23.0 Å². The van der Waals surface area contributed by atoms with Gasteiger partial charge in [0.15, 0.2) is 11.5 Å². The molecule has 0 radical (unpaired) electrons. The summed E-state index contributed by atoms with van der Waals surface area (Å²) in [6.07, 6.45) is 1.63. The predicted octanol–water partition coefficient (Wildman–Crippen LogP) is 4.35. The Labute approximate surface area is 189 Å². The molecular formula is C24H33NO5S. The lowest BCUT2D eigenvalue weighted by molar-refractivity contribution is -0.118. The molecular weight excluding hydrogens is 414 g/mol. The van der Waals surface area contributed by atoms with Gasteiger partial charge in [-0.3, -0.25) is 4.79 Å². The molecule has 31 heavy (non-hydrogen) atoms. The number of carbonyl (C=O) groups excluding carboxylic acids is 1. The number of ether oxygens (including phenoxy) is 4. The zero-order chi connectivity index (χ0) is 22.3. The van der Waals surface area contributed by atoms with Crippen molar-refractivity contribution in [2.45, 2.75) is 26.7 Å². The van der Waals surface area contributed by atoms with Crippen molar-refractivity contribution in [2.24, 2.45) is 0 Å². The third-order valence-corrected chi connectivity index (χ3v) is 5.38. The van der Waals surface area contributed by atoms with Gasteiger partial charge in [-0.25, -0.2) is 0 Å². The first-order valence-electron chi connectivity index (χ1n) is 10.7. The van der Waals surface area contributed by atoms with E-state index in [2.05, 4.69) is 5.32 Å². The third-order valence-electron chi connectivity index (χ3n) is 4.34. The molecule has 170 valence electrons. The van der Waals surface area contributed by atoms with Crippen LogP contribution in [0.25, 0.3) is 0 Å². The molecule has 0 fully saturated rings. The largest absolute Gasteiger partial charge is 0.497 e. The smallest absolute Gasteiger partial charge is 0.230 e. The topological polar surface area (TPSA) is 66.0 Å². The molecule has 7 heteroatoms. The molecule has 2 aromatic carbocycles. The molecule has 0 bridgehead atoms. The van der Waals surface area contributed by atoms with Crippen LogP contribution in [0.1, 0.15) is 25.8 Å². The average molecular weight is 448 g/mol. The Balaban J connectivity index is 1.58. The Morgan fingerprint density at radius 3 is 2.35 bits per heavy atom. The fraction of sp³-hybridized carbons (Fsp3) is 0.458. The Morgan fingerprint density at radius 2 is 1.65 bits per heavy atom. The molecule has 0 saturated heterocycles. The minimum absolute atomic E-state index is 0.0528. The van der Waals surface area contributed by atoms with E-state index in [1.807, 2.05) is 56.3 Å². The second kappa shape index (κ2) is 14.5. The van der Waals surface area contributed by atoms with E-state index in [1.165, 1.54) is 0 Å². The molecule has 0 aliphatic rings. The minimum Gasteiger partial charge on any atom is -0.497 e. The first-order valence-corrected chi connectivity index (χ1v) is 11.8. The van der Waals surface area contributed by atoms with E-state index in [0.717, 1.165) is 47.2 Å². The molecule has 0 spiro atoms. The Morgan fingerprint density at radius 1 is 0.935 bits per heavy atom. The van der Waals surface area contributed by atoms with Gasteiger partial charge in [0.05, 0.1) is 32.7 Å². The lowest BCUT2D eigenvalue weighted by Gasteiger charge is -2.12. The van der Waals surface area contributed by atoms with Crippen LogP contribution >= 0.6 is 11.8 Å². The van der Waals surface area contributed by atoms with E-state index in [9.17, 15) is 4.79 Å². The van der Waals surface area contributed by atoms with Crippen LogP contribution in [0, 0.1) is 0 Å². The van der Waals surface area contributed by atoms with Gasteiger partial charge in [0.1, 0.15) is 11.5 Å². The first kappa shape index (κ1) is 24.7. The van der Waals surface area contributed by atoms with Gasteiger partial charge in [0.25, 0.3) is 0 Å². The molecule has 2 rings (SSSR count). The first-order chi connectivity index (χ1) is 15.2. The normalized spacial score (nSPS) is 10.4. The molecule has 1 amide bonds. The summed E-state index contributed by atoms with van der Waals surface area (Å²) in [4.78, 5) is 12.0. The maximum Gasteiger partial charge on any atom is 0.230 e. The Kier molecular flexibility index (Phi) is 11.5. The molecule has 2 aromatic rings. The third kappa shape index (κ3) is 9.42. The summed E-state index contributed by atoms with van der Waals surface area (Å²) in [5.74, 6) is 4.52. The summed E-state index contributed by atoms with van der Waals surface area (Å²) < 4.78 is 22.0. The van der Waals surface area contributed by atoms with Crippen molar-refractivity contribution < 1.29 is 23.7 Å². The van der Waals surface area contributed by atoms with Crippen molar-refractivity contribution in [3.05, 3.63) is 48.0 Å². The van der Waals surface area contributed by atoms with Crippen LogP contribution in [0.4, 0.5) is 0 Å². The number of methoxy groups -OCH3 is 1. The fourth-order valence-corrected chi connectivity index (χ4v) is 3.59. The lowest BCUT2D eigenvalue weighted by atomic mass is 10.1. The van der Waals surface area contributed by atoms with Crippen molar-refractivity contribution in [1.29, 1.82) is 0 Å². The predicted molar refractivity (Wildman–Crippen MR) is 126 cm³/mol. The molecule has 6 nitrogen and oxygen atoms in total. The second-order valence-electron chi connectivity index (χ2n) is 6.68. The van der Waals surface area contributed by atoms with E-state index >= 15 is 0 Å². The molecule has 0 aliphatic heterocycles. The molecule has 0 heterocycles. The van der Waals surface area contributed by atoms with Crippen LogP contribution < -0.4 is 24.3 Å². The molecule has 0 atom stereocenters. The summed E-state index contributed by atoms with van der Waals surface area (Å²) in [6, 6.07) is 13.5. The van der Waals surface area contributed by atoms with E-state index in [4.69, 9.17) is 18.9 Å². The van der Waals surface area contributed by atoms with E-state index < -0.39 is 0 Å². The molecule has 0 aromatic heterocycles. The molecule has 0 saturated carbocycles. The summed E-state index contributed by atoms with van der Waals surface area (Å²) in [5.41, 5.74) is 1.11. The summed E-state index contributed by atoms with van der Waals surface area (Å²) in [5, 5.41) is 2.97. The van der Waals surface area contributed by atoms with Crippen molar-refractivity contribution >= 4 is 17.7 Å². The highest BCUT2D eigenvalue weighted by molar-refractivity contribution is 7.99. The Hall–Kier alpha value is -2.54. The van der Waals surface area contributed by atoms with Gasteiger partial charge in [0.2, 0.25) is 5.91 Å². The number of carbonyl (C=O) groups is 1. The van der Waals surface area contributed by atoms with Crippen LogP contribution in [0.2, 0.25) is 0 Å². The van der Waals surface area contributed by atoms with Crippen LogP contribution in [-0.4, -0.2) is 50.9 Å². The van der Waals surface area contributed by atoms with E-state index in [-0.39, 0.29) is 5.91 Å². The van der Waals surface area contributed by atoms with Crippen molar-refractivity contribution in [2.75, 3.05) is 45.0 Å². The van der Waals surface area contributed by atoms with Gasteiger partial charge in [-0.1, -0.05) is 6.07 Å². The molecule has 0 aliphatic carbocycles. The zero-order valence-electron chi connectivity index (χ0n) is 18.6. The number of nitrogens with one attached hydrogen (secondary N) is 1. The Bertz CT molecular complexity index is 782. The summed E-state index contributed by atoms with van der Waals surface area (Å²) in [6.45, 7) is 6.31. The maximum atomic E-state index is 12.0. The van der Waals surface area contributed by atoms with E-state index in [0.29, 0.717) is 32.1 Å². The number of hydrogen-bond acceptors (Lipinski definition) is 6. The van der Waals surface area contributed by atoms with Gasteiger partial charge in [0, 0.05) is 6.54 Å². The number of rotatable bonds is 15. The quantitative estimate of drug-likeness (QED) is 0.410.